The normalized spacial score (nSPS) is 9.40. The molecule has 0 amide bonds. The molecule has 0 heterocycles. The number of nitrogens with one attached hydrogen (secondary N) is 1. The average Bonchev–Trinajstić information content (AvgIpc) is 1.88. The van der Waals surface area contributed by atoms with Crippen molar-refractivity contribution >= 4 is 27.3 Å². The van der Waals surface area contributed by atoms with Crippen LogP contribution in [-0.4, -0.2) is 0 Å². The first-order valence-corrected chi connectivity index (χ1v) is 3.55. The summed E-state index contributed by atoms with van der Waals surface area (Å²) in [7, 11) is 0. The fourth-order valence-corrected chi connectivity index (χ4v) is 1.04. The molecule has 1 rings (SSSR count). The van der Waals surface area contributed by atoms with Crippen LogP contribution in [0.15, 0.2) is 22.7 Å². The van der Waals surface area contributed by atoms with Gasteiger partial charge in [0.2, 0.25) is 0 Å². The Morgan fingerprint density at radius 3 is 2.60 bits per heavy atom. The molecule has 54 valence electrons. The molecule has 3 nitrogen and oxygen atoms in total. The highest BCUT2D eigenvalue weighted by Crippen LogP contribution is 2.21. The van der Waals surface area contributed by atoms with Gasteiger partial charge in [0.15, 0.2) is 0 Å². The van der Waals surface area contributed by atoms with Crippen LogP contribution in [0.25, 0.3) is 0 Å². The topological polar surface area (TPSA) is 64.1 Å². The van der Waals surface area contributed by atoms with E-state index in [9.17, 15) is 0 Å². The second kappa shape index (κ2) is 2.90. The number of nitrogen functional groups attached to an aromatic ring is 2. The van der Waals surface area contributed by atoms with Gasteiger partial charge in [-0.25, -0.2) is 0 Å². The lowest BCUT2D eigenvalue weighted by Gasteiger charge is -2.03. The lowest BCUT2D eigenvalue weighted by molar-refractivity contribution is 1.35. The zero-order valence-electron chi connectivity index (χ0n) is 5.26. The predicted octanol–water partition coefficient (Wildman–Crippen LogP) is 1.32. The molecule has 10 heavy (non-hydrogen) atoms. The second-order valence-electron chi connectivity index (χ2n) is 1.88. The number of halogens is 1. The molecule has 4 heteroatoms. The van der Waals surface area contributed by atoms with Gasteiger partial charge in [0.25, 0.3) is 0 Å². The third kappa shape index (κ3) is 1.40. The van der Waals surface area contributed by atoms with Gasteiger partial charge in [-0.1, -0.05) is 15.9 Å². The molecule has 0 unspecified atom stereocenters. The summed E-state index contributed by atoms with van der Waals surface area (Å²) in [6, 6.07) is 5.46. The van der Waals surface area contributed by atoms with Crippen molar-refractivity contribution in [1.82, 2.24) is 0 Å². The van der Waals surface area contributed by atoms with E-state index in [1.165, 1.54) is 0 Å². The van der Waals surface area contributed by atoms with Gasteiger partial charge in [-0.2, -0.15) is 0 Å². The van der Waals surface area contributed by atoms with E-state index in [0.717, 1.165) is 10.2 Å². The Labute approximate surface area is 67.5 Å². The largest absolute Gasteiger partial charge is 0.397 e. The highest BCUT2D eigenvalue weighted by Gasteiger charge is 1.94. The maximum atomic E-state index is 5.56. The van der Waals surface area contributed by atoms with Crippen LogP contribution < -0.4 is 17.0 Å². The van der Waals surface area contributed by atoms with Gasteiger partial charge in [-0.3, -0.25) is 5.84 Å². The monoisotopic (exact) mass is 201 g/mol. The third-order valence-electron chi connectivity index (χ3n) is 1.17. The van der Waals surface area contributed by atoms with Crippen molar-refractivity contribution in [2.45, 2.75) is 0 Å². The van der Waals surface area contributed by atoms with Crippen LogP contribution >= 0.6 is 15.9 Å². The molecule has 0 fully saturated rings. The molecular weight excluding hydrogens is 194 g/mol. The molecule has 0 aromatic heterocycles. The molecule has 0 spiro atoms. The van der Waals surface area contributed by atoms with Gasteiger partial charge >= 0.3 is 0 Å². The first-order chi connectivity index (χ1) is 4.74. The third-order valence-corrected chi connectivity index (χ3v) is 1.66. The van der Waals surface area contributed by atoms with Crippen molar-refractivity contribution in [2.75, 3.05) is 11.2 Å². The van der Waals surface area contributed by atoms with Crippen LogP contribution in [0.5, 0.6) is 0 Å². The first kappa shape index (κ1) is 7.37. The van der Waals surface area contributed by atoms with Crippen LogP contribution in [0.4, 0.5) is 11.4 Å². The number of hydrogen-bond donors (Lipinski definition) is 3. The summed E-state index contributed by atoms with van der Waals surface area (Å²) in [6.45, 7) is 0. The summed E-state index contributed by atoms with van der Waals surface area (Å²) in [5.41, 5.74) is 9.41. The van der Waals surface area contributed by atoms with Crippen molar-refractivity contribution in [1.29, 1.82) is 0 Å². The number of hydrogen-bond acceptors (Lipinski definition) is 3. The maximum Gasteiger partial charge on any atom is 0.0716 e. The fraction of sp³-hybridized carbons (Fsp3) is 0. The molecule has 0 bridgehead atoms. The van der Waals surface area contributed by atoms with Crippen molar-refractivity contribution in [3.8, 4) is 0 Å². The summed E-state index contributed by atoms with van der Waals surface area (Å²) in [5.74, 6) is 5.16. The summed E-state index contributed by atoms with van der Waals surface area (Å²) in [5, 5.41) is 0. The van der Waals surface area contributed by atoms with Gasteiger partial charge in [0, 0.05) is 4.47 Å². The minimum Gasteiger partial charge on any atom is -0.397 e. The minimum atomic E-state index is 0.636. The molecule has 0 aliphatic rings. The number of hydrazine groups is 1. The van der Waals surface area contributed by atoms with Crippen molar-refractivity contribution in [3.63, 3.8) is 0 Å². The van der Waals surface area contributed by atoms with Gasteiger partial charge in [0.1, 0.15) is 0 Å². The lowest BCUT2D eigenvalue weighted by Crippen LogP contribution is -2.08. The zero-order valence-corrected chi connectivity index (χ0v) is 6.85. The number of nitrogens with two attached hydrogens (primary N) is 2. The standard InChI is InChI=1S/C6H8BrN3/c7-4-1-2-6(10-9)5(8)3-4/h1-3,10H,8-9H2. The van der Waals surface area contributed by atoms with Gasteiger partial charge in [-0.05, 0) is 18.2 Å². The average molecular weight is 202 g/mol. The van der Waals surface area contributed by atoms with E-state index >= 15 is 0 Å². The van der Waals surface area contributed by atoms with Crippen molar-refractivity contribution < 1.29 is 0 Å². The molecule has 0 atom stereocenters. The summed E-state index contributed by atoms with van der Waals surface area (Å²) in [4.78, 5) is 0. The zero-order chi connectivity index (χ0) is 7.56. The quantitative estimate of drug-likeness (QED) is 0.365. The van der Waals surface area contributed by atoms with Crippen LogP contribution in [0.3, 0.4) is 0 Å². The number of anilines is 2. The molecule has 1 aromatic rings. The Hall–Kier alpha value is -0.740. The number of benzene rings is 1. The Morgan fingerprint density at radius 2 is 2.10 bits per heavy atom. The molecule has 0 aliphatic carbocycles. The molecule has 0 saturated heterocycles. The Kier molecular flexibility index (Phi) is 2.13. The second-order valence-corrected chi connectivity index (χ2v) is 2.79. The SMILES string of the molecule is NNc1ccc(Br)cc1N. The van der Waals surface area contributed by atoms with Crippen LogP contribution in [0, 0.1) is 0 Å². The molecule has 5 N–H and O–H groups in total. The molecule has 0 saturated carbocycles. The molecular formula is C6H8BrN3. The molecule has 1 aromatic carbocycles. The minimum absolute atomic E-state index is 0.636. The van der Waals surface area contributed by atoms with Crippen LogP contribution in [-0.2, 0) is 0 Å². The maximum absolute atomic E-state index is 5.56. The Morgan fingerprint density at radius 1 is 1.40 bits per heavy atom. The smallest absolute Gasteiger partial charge is 0.0716 e. The summed E-state index contributed by atoms with van der Waals surface area (Å²) in [6.07, 6.45) is 0. The van der Waals surface area contributed by atoms with E-state index in [0.29, 0.717) is 5.69 Å². The van der Waals surface area contributed by atoms with E-state index < -0.39 is 0 Å². The number of rotatable bonds is 1. The van der Waals surface area contributed by atoms with Gasteiger partial charge in [-0.15, -0.1) is 0 Å². The molecule has 0 radical (unpaired) electrons. The van der Waals surface area contributed by atoms with Crippen LogP contribution in [0.1, 0.15) is 0 Å². The first-order valence-electron chi connectivity index (χ1n) is 2.75. The van der Waals surface area contributed by atoms with E-state index in [1.54, 1.807) is 12.1 Å². The fourth-order valence-electron chi connectivity index (χ4n) is 0.665. The van der Waals surface area contributed by atoms with Gasteiger partial charge < -0.3 is 11.2 Å². The predicted molar refractivity (Wildman–Crippen MR) is 46.4 cm³/mol. The van der Waals surface area contributed by atoms with Crippen LogP contribution in [0.2, 0.25) is 0 Å². The Bertz CT molecular complexity index is 236. The van der Waals surface area contributed by atoms with E-state index in [1.807, 2.05) is 6.07 Å². The molecule has 0 aliphatic heterocycles. The van der Waals surface area contributed by atoms with E-state index in [4.69, 9.17) is 11.6 Å². The van der Waals surface area contributed by atoms with E-state index in [-0.39, 0.29) is 0 Å². The Balaban J connectivity index is 3.07. The highest BCUT2D eigenvalue weighted by atomic mass is 79.9. The van der Waals surface area contributed by atoms with Crippen molar-refractivity contribution in [2.24, 2.45) is 5.84 Å². The van der Waals surface area contributed by atoms with Crippen molar-refractivity contribution in [3.05, 3.63) is 22.7 Å². The van der Waals surface area contributed by atoms with Gasteiger partial charge in [0.05, 0.1) is 11.4 Å². The highest BCUT2D eigenvalue weighted by molar-refractivity contribution is 9.10. The van der Waals surface area contributed by atoms with E-state index in [2.05, 4.69) is 21.4 Å². The summed E-state index contributed by atoms with van der Waals surface area (Å²) >= 11 is 3.28. The summed E-state index contributed by atoms with van der Waals surface area (Å²) < 4.78 is 0.948. The lowest BCUT2D eigenvalue weighted by atomic mass is 10.3.